The van der Waals surface area contributed by atoms with E-state index in [1.807, 2.05) is 32.3 Å². The third-order valence-corrected chi connectivity index (χ3v) is 1.53. The van der Waals surface area contributed by atoms with Crippen LogP contribution in [-0.4, -0.2) is 29.6 Å². The molecule has 0 saturated heterocycles. The first-order chi connectivity index (χ1) is 5.72. The summed E-state index contributed by atoms with van der Waals surface area (Å²) in [6.45, 7) is 9.21. The Balaban J connectivity index is 4.04. The van der Waals surface area contributed by atoms with Crippen LogP contribution in [0.15, 0.2) is 17.3 Å². The van der Waals surface area contributed by atoms with Crippen LogP contribution in [0.3, 0.4) is 0 Å². The summed E-state index contributed by atoms with van der Waals surface area (Å²) in [6, 6.07) is 0.515. The molecule has 2 heteroatoms. The molecule has 0 aliphatic rings. The van der Waals surface area contributed by atoms with Gasteiger partial charge in [0.25, 0.3) is 0 Å². The first-order valence-electron chi connectivity index (χ1n) is 4.45. The van der Waals surface area contributed by atoms with Crippen molar-refractivity contribution in [1.29, 1.82) is 0 Å². The van der Waals surface area contributed by atoms with E-state index in [0.717, 1.165) is 6.54 Å². The Kier molecular flexibility index (Phi) is 6.25. The monoisotopic (exact) mass is 167 g/mol. The van der Waals surface area contributed by atoms with Gasteiger partial charge in [0.15, 0.2) is 12.2 Å². The Morgan fingerprint density at radius 2 is 2.08 bits per heavy atom. The van der Waals surface area contributed by atoms with E-state index < -0.39 is 0 Å². The highest BCUT2D eigenvalue weighted by atomic mass is 15.0. The Labute approximate surface area is 75.3 Å². The van der Waals surface area contributed by atoms with E-state index in [4.69, 9.17) is 0 Å². The maximum atomic E-state index is 4.09. The summed E-state index contributed by atoms with van der Waals surface area (Å²) in [5.74, 6) is 0. The van der Waals surface area contributed by atoms with Crippen molar-refractivity contribution in [2.24, 2.45) is 4.99 Å². The van der Waals surface area contributed by atoms with Crippen molar-refractivity contribution in [3.8, 4) is 0 Å². The minimum atomic E-state index is 0.515. The molecule has 0 heterocycles. The number of hydrogen-bond acceptors (Lipinski definition) is 1. The van der Waals surface area contributed by atoms with Gasteiger partial charge in [0.2, 0.25) is 0 Å². The molecule has 0 aromatic carbocycles. The Bertz CT molecular complexity index is 188. The zero-order chi connectivity index (χ0) is 9.40. The van der Waals surface area contributed by atoms with Gasteiger partial charge in [-0.1, -0.05) is 0 Å². The molecular weight excluding hydrogens is 148 g/mol. The number of hydrogen-bond donors (Lipinski definition) is 0. The fourth-order valence-electron chi connectivity index (χ4n) is 0.860. The lowest BCUT2D eigenvalue weighted by Crippen LogP contribution is -2.14. The summed E-state index contributed by atoms with van der Waals surface area (Å²) in [5, 5.41) is 0. The molecule has 0 aliphatic carbocycles. The lowest BCUT2D eigenvalue weighted by molar-refractivity contribution is -0.487. The van der Waals surface area contributed by atoms with Crippen molar-refractivity contribution < 1.29 is 4.58 Å². The van der Waals surface area contributed by atoms with Crippen molar-refractivity contribution in [3.63, 3.8) is 0 Å². The topological polar surface area (TPSA) is 15.4 Å². The van der Waals surface area contributed by atoms with Crippen LogP contribution in [0.25, 0.3) is 0 Å². The van der Waals surface area contributed by atoms with E-state index in [1.54, 1.807) is 0 Å². The minimum Gasteiger partial charge on any atom is -0.293 e. The Morgan fingerprint density at radius 3 is 2.50 bits per heavy atom. The summed E-state index contributed by atoms with van der Waals surface area (Å²) >= 11 is 0. The van der Waals surface area contributed by atoms with E-state index in [2.05, 4.69) is 29.6 Å². The van der Waals surface area contributed by atoms with Gasteiger partial charge >= 0.3 is 0 Å². The van der Waals surface area contributed by atoms with E-state index in [9.17, 15) is 0 Å². The van der Waals surface area contributed by atoms with Crippen molar-refractivity contribution in [2.75, 3.05) is 6.54 Å². The second kappa shape index (κ2) is 6.77. The number of allylic oxidation sites excluding steroid dienone is 1. The molecule has 0 rings (SSSR count). The van der Waals surface area contributed by atoms with Crippen LogP contribution >= 0.6 is 0 Å². The largest absolute Gasteiger partial charge is 0.293 e. The molecule has 0 amide bonds. The second-order valence-corrected chi connectivity index (χ2v) is 2.79. The standard InChI is InChI=1S/C10H19N2/c1-5-11-8-7-9-12(6-2)10(3)4/h6-10H,5H2,1-4H3/q+1/b9-7-,11-8?,12-6?. The van der Waals surface area contributed by atoms with E-state index >= 15 is 0 Å². The smallest absolute Gasteiger partial charge is 0.170 e. The van der Waals surface area contributed by atoms with Gasteiger partial charge in [-0.3, -0.25) is 4.99 Å². The second-order valence-electron chi connectivity index (χ2n) is 2.79. The molecule has 68 valence electrons. The Morgan fingerprint density at radius 1 is 1.42 bits per heavy atom. The van der Waals surface area contributed by atoms with Gasteiger partial charge in [0.1, 0.15) is 6.21 Å². The first-order valence-corrected chi connectivity index (χ1v) is 4.45. The molecule has 0 aliphatic heterocycles. The molecule has 0 spiro atoms. The van der Waals surface area contributed by atoms with Crippen LogP contribution in [0.2, 0.25) is 0 Å². The molecule has 0 aromatic heterocycles. The van der Waals surface area contributed by atoms with Gasteiger partial charge in [0.05, 0.1) is 0 Å². The van der Waals surface area contributed by atoms with Gasteiger partial charge in [-0.15, -0.1) is 0 Å². The molecule has 0 atom stereocenters. The SMILES string of the molecule is CC=[N+](/C=C\C=NCC)C(C)C. The number of rotatable bonds is 4. The third kappa shape index (κ3) is 4.83. The first kappa shape index (κ1) is 11.1. The summed E-state index contributed by atoms with van der Waals surface area (Å²) < 4.78 is 2.14. The molecule has 12 heavy (non-hydrogen) atoms. The highest BCUT2D eigenvalue weighted by Crippen LogP contribution is 1.87. The number of aliphatic imine (C=N–C) groups is 1. The average Bonchev–Trinajstić information content (AvgIpc) is 2.04. The van der Waals surface area contributed by atoms with Crippen LogP contribution in [0.5, 0.6) is 0 Å². The van der Waals surface area contributed by atoms with Crippen molar-refractivity contribution >= 4 is 12.4 Å². The average molecular weight is 167 g/mol. The van der Waals surface area contributed by atoms with E-state index in [-0.39, 0.29) is 0 Å². The summed E-state index contributed by atoms with van der Waals surface area (Å²) in [6.07, 6.45) is 7.88. The molecule has 2 nitrogen and oxygen atoms in total. The molecule has 0 radical (unpaired) electrons. The fourth-order valence-corrected chi connectivity index (χ4v) is 0.860. The molecule has 0 fully saturated rings. The van der Waals surface area contributed by atoms with Crippen LogP contribution in [0, 0.1) is 0 Å². The van der Waals surface area contributed by atoms with Gasteiger partial charge in [-0.2, -0.15) is 0 Å². The highest BCUT2D eigenvalue weighted by molar-refractivity contribution is 5.70. The molecular formula is C10H19N2+. The quantitative estimate of drug-likeness (QED) is 0.450. The predicted octanol–water partition coefficient (Wildman–Crippen LogP) is 2.10. The zero-order valence-electron chi connectivity index (χ0n) is 8.49. The summed E-state index contributed by atoms with van der Waals surface area (Å²) in [5.41, 5.74) is 0. The van der Waals surface area contributed by atoms with Crippen LogP contribution in [0.4, 0.5) is 0 Å². The molecule has 0 bridgehead atoms. The van der Waals surface area contributed by atoms with Gasteiger partial charge in [0, 0.05) is 25.8 Å². The highest BCUT2D eigenvalue weighted by Gasteiger charge is 2.01. The van der Waals surface area contributed by atoms with Crippen molar-refractivity contribution in [3.05, 3.63) is 12.3 Å². The van der Waals surface area contributed by atoms with Crippen LogP contribution in [-0.2, 0) is 0 Å². The zero-order valence-corrected chi connectivity index (χ0v) is 8.49. The normalized spacial score (nSPS) is 13.9. The maximum Gasteiger partial charge on any atom is 0.170 e. The molecule has 0 N–H and O–H groups in total. The van der Waals surface area contributed by atoms with Crippen molar-refractivity contribution in [1.82, 2.24) is 0 Å². The lowest BCUT2D eigenvalue weighted by atomic mass is 10.4. The number of nitrogens with zero attached hydrogens (tertiary/aromatic N) is 2. The Hall–Kier alpha value is -0.920. The third-order valence-electron chi connectivity index (χ3n) is 1.53. The maximum absolute atomic E-state index is 4.09. The van der Waals surface area contributed by atoms with Crippen molar-refractivity contribution in [2.45, 2.75) is 33.7 Å². The summed E-state index contributed by atoms with van der Waals surface area (Å²) in [7, 11) is 0. The van der Waals surface area contributed by atoms with E-state index in [0.29, 0.717) is 6.04 Å². The van der Waals surface area contributed by atoms with Gasteiger partial charge in [-0.25, -0.2) is 4.58 Å². The fraction of sp³-hybridized carbons (Fsp3) is 0.600. The minimum absolute atomic E-state index is 0.515. The molecule has 0 unspecified atom stereocenters. The van der Waals surface area contributed by atoms with Gasteiger partial charge < -0.3 is 0 Å². The summed E-state index contributed by atoms with van der Waals surface area (Å²) in [4.78, 5) is 4.09. The molecule has 0 saturated carbocycles. The van der Waals surface area contributed by atoms with Gasteiger partial charge in [-0.05, 0) is 20.8 Å². The lowest BCUT2D eigenvalue weighted by Gasteiger charge is -1.98. The van der Waals surface area contributed by atoms with Crippen LogP contribution in [0.1, 0.15) is 27.7 Å². The van der Waals surface area contributed by atoms with Crippen LogP contribution < -0.4 is 0 Å². The molecule has 0 aromatic rings. The van der Waals surface area contributed by atoms with E-state index in [1.165, 1.54) is 0 Å². The predicted molar refractivity (Wildman–Crippen MR) is 55.3 cm³/mol.